The minimum atomic E-state index is -3.56. The van der Waals surface area contributed by atoms with Gasteiger partial charge in [0.05, 0.1) is 18.8 Å². The van der Waals surface area contributed by atoms with Gasteiger partial charge in [0.1, 0.15) is 0 Å². The Labute approximate surface area is 144 Å². The normalized spacial score (nSPS) is 24.8. The molecule has 1 aromatic rings. The first kappa shape index (κ1) is 19.2. The Morgan fingerprint density at radius 2 is 1.62 bits per heavy atom. The van der Waals surface area contributed by atoms with Crippen LogP contribution in [0, 0.1) is 0 Å². The van der Waals surface area contributed by atoms with Crippen molar-refractivity contribution in [2.24, 2.45) is 0 Å². The number of β-lactam (4-membered cyclic amide) rings is 1. The van der Waals surface area contributed by atoms with Crippen LogP contribution in [0.4, 0.5) is 0 Å². The molecule has 0 radical (unpaired) electrons. The van der Waals surface area contributed by atoms with Crippen LogP contribution in [0.3, 0.4) is 0 Å². The fraction of sp³-hybridized carbons (Fsp3) is 0.611. The molecule has 0 N–H and O–H groups in total. The summed E-state index contributed by atoms with van der Waals surface area (Å²) in [5.74, 6) is -0.181. The topological polar surface area (TPSA) is 55.8 Å². The second-order valence-corrected chi connectivity index (χ2v) is 9.25. The van der Waals surface area contributed by atoms with Gasteiger partial charge in [-0.05, 0) is 47.1 Å². The van der Waals surface area contributed by atoms with Gasteiger partial charge >= 0.3 is 7.60 Å². The van der Waals surface area contributed by atoms with E-state index in [2.05, 4.69) is 0 Å². The van der Waals surface area contributed by atoms with Crippen LogP contribution in [0.15, 0.2) is 30.3 Å². The minimum absolute atomic E-state index is 0.181. The summed E-state index contributed by atoms with van der Waals surface area (Å²) in [7, 11) is -3.56. The number of carbonyl (C=O) groups excluding carboxylic acids is 1. The molecule has 5 nitrogen and oxygen atoms in total. The van der Waals surface area contributed by atoms with Crippen molar-refractivity contribution in [1.82, 2.24) is 4.90 Å². The SMILES string of the molecule is CCOP(=O)(OCC)[C@H]1C(=O)N(C(C)(C)C)[C@]1(C)c1ccccc1. The summed E-state index contributed by atoms with van der Waals surface area (Å²) in [6.45, 7) is 11.9. The number of likely N-dealkylation sites (tertiary alicyclic amines) is 1. The van der Waals surface area contributed by atoms with Crippen molar-refractivity contribution in [2.45, 2.75) is 58.3 Å². The largest absolute Gasteiger partial charge is 0.345 e. The second kappa shape index (κ2) is 6.62. The average Bonchev–Trinajstić information content (AvgIpc) is 2.46. The summed E-state index contributed by atoms with van der Waals surface area (Å²) in [4.78, 5) is 14.8. The van der Waals surface area contributed by atoms with Crippen molar-refractivity contribution >= 4 is 13.5 Å². The highest BCUT2D eigenvalue weighted by Gasteiger charge is 2.68. The first-order valence-corrected chi connectivity index (χ1v) is 10.0. The van der Waals surface area contributed by atoms with Crippen molar-refractivity contribution in [3.8, 4) is 0 Å². The number of hydrogen-bond acceptors (Lipinski definition) is 4. The van der Waals surface area contributed by atoms with Gasteiger partial charge in [0.25, 0.3) is 0 Å². The molecule has 2 rings (SSSR count). The average molecular weight is 353 g/mol. The molecule has 134 valence electrons. The lowest BCUT2D eigenvalue weighted by atomic mass is 9.75. The molecule has 1 aliphatic rings. The van der Waals surface area contributed by atoms with E-state index in [1.807, 2.05) is 58.0 Å². The van der Waals surface area contributed by atoms with Crippen molar-refractivity contribution in [3.05, 3.63) is 35.9 Å². The van der Waals surface area contributed by atoms with E-state index in [9.17, 15) is 9.36 Å². The fourth-order valence-corrected chi connectivity index (χ4v) is 6.09. The Kier molecular flexibility index (Phi) is 5.29. The monoisotopic (exact) mass is 353 g/mol. The molecule has 0 saturated carbocycles. The third kappa shape index (κ3) is 2.94. The predicted molar refractivity (Wildman–Crippen MR) is 95.0 cm³/mol. The second-order valence-electron chi connectivity index (χ2n) is 7.14. The smallest absolute Gasteiger partial charge is 0.326 e. The van der Waals surface area contributed by atoms with E-state index in [1.165, 1.54) is 0 Å². The van der Waals surface area contributed by atoms with Gasteiger partial charge in [-0.3, -0.25) is 9.36 Å². The predicted octanol–water partition coefficient (Wildman–Crippen LogP) is 4.18. The van der Waals surface area contributed by atoms with Gasteiger partial charge in [0.2, 0.25) is 5.91 Å². The number of hydrogen-bond donors (Lipinski definition) is 0. The number of rotatable bonds is 6. The van der Waals surface area contributed by atoms with Crippen molar-refractivity contribution in [3.63, 3.8) is 0 Å². The summed E-state index contributed by atoms with van der Waals surface area (Å²) in [6, 6.07) is 9.69. The third-order valence-corrected chi connectivity index (χ3v) is 7.01. The van der Waals surface area contributed by atoms with Gasteiger partial charge in [0.15, 0.2) is 5.66 Å². The molecule has 0 unspecified atom stereocenters. The van der Waals surface area contributed by atoms with Gasteiger partial charge in [0, 0.05) is 5.54 Å². The van der Waals surface area contributed by atoms with E-state index in [0.29, 0.717) is 0 Å². The molecule has 1 fully saturated rings. The van der Waals surface area contributed by atoms with Crippen LogP contribution in [0.25, 0.3) is 0 Å². The molecule has 24 heavy (non-hydrogen) atoms. The molecule has 1 saturated heterocycles. The van der Waals surface area contributed by atoms with Crippen LogP contribution < -0.4 is 0 Å². The molecule has 2 atom stereocenters. The van der Waals surface area contributed by atoms with Crippen molar-refractivity contribution < 1.29 is 18.4 Å². The maximum absolute atomic E-state index is 13.4. The van der Waals surface area contributed by atoms with Crippen LogP contribution in [-0.2, 0) is 23.9 Å². The Hall–Kier alpha value is -1.16. The molecule has 1 heterocycles. The highest BCUT2D eigenvalue weighted by molar-refractivity contribution is 7.56. The Bertz CT molecular complexity index is 630. The molecular formula is C18H28NO4P. The van der Waals surface area contributed by atoms with Crippen molar-refractivity contribution in [2.75, 3.05) is 13.2 Å². The van der Waals surface area contributed by atoms with Crippen LogP contribution in [-0.4, -0.2) is 35.2 Å². The van der Waals surface area contributed by atoms with Gasteiger partial charge in [-0.25, -0.2) is 0 Å². The van der Waals surface area contributed by atoms with Crippen LogP contribution >= 0.6 is 7.60 Å². The van der Waals surface area contributed by atoms with Crippen LogP contribution in [0.2, 0.25) is 0 Å². The number of carbonyl (C=O) groups is 1. The summed E-state index contributed by atoms with van der Waals surface area (Å²) in [5, 5.41) is 0. The van der Waals surface area contributed by atoms with Crippen molar-refractivity contribution in [1.29, 1.82) is 0 Å². The molecule has 0 aromatic heterocycles. The molecule has 6 heteroatoms. The third-order valence-electron chi connectivity index (χ3n) is 4.41. The van der Waals surface area contributed by atoms with E-state index in [-0.39, 0.29) is 19.1 Å². The minimum Gasteiger partial charge on any atom is -0.326 e. The summed E-state index contributed by atoms with van der Waals surface area (Å²) >= 11 is 0. The first-order valence-electron chi connectivity index (χ1n) is 8.41. The first-order chi connectivity index (χ1) is 11.1. The zero-order valence-corrected chi connectivity index (χ0v) is 16.3. The quantitative estimate of drug-likeness (QED) is 0.569. The molecule has 1 aromatic carbocycles. The number of nitrogens with zero attached hydrogens (tertiary/aromatic N) is 1. The Balaban J connectivity index is 2.59. The van der Waals surface area contributed by atoms with E-state index >= 15 is 0 Å². The maximum atomic E-state index is 13.4. The molecular weight excluding hydrogens is 325 g/mol. The molecule has 1 amide bonds. The lowest BCUT2D eigenvalue weighted by molar-refractivity contribution is -0.168. The van der Waals surface area contributed by atoms with Gasteiger partial charge in [-0.2, -0.15) is 0 Å². The maximum Gasteiger partial charge on any atom is 0.345 e. The lowest BCUT2D eigenvalue weighted by Crippen LogP contribution is -2.75. The van der Waals surface area contributed by atoms with Crippen LogP contribution in [0.5, 0.6) is 0 Å². The Morgan fingerprint density at radius 1 is 1.12 bits per heavy atom. The van der Waals surface area contributed by atoms with Gasteiger partial charge < -0.3 is 13.9 Å². The molecule has 0 bridgehead atoms. The highest BCUT2D eigenvalue weighted by atomic mass is 31.2. The van der Waals surface area contributed by atoms with E-state index in [4.69, 9.17) is 9.05 Å². The standard InChI is InChI=1S/C18H28NO4P/c1-7-22-24(21,23-8-2)15-16(20)19(17(3,4)5)18(15,6)14-12-10-9-11-13-14/h9-13,15H,7-8H2,1-6H3/t15-,18+/m0/s1. The summed E-state index contributed by atoms with van der Waals surface area (Å²) in [5.41, 5.74) is -1.03. The van der Waals surface area contributed by atoms with Crippen LogP contribution in [0.1, 0.15) is 47.1 Å². The number of benzene rings is 1. The Morgan fingerprint density at radius 3 is 2.04 bits per heavy atom. The molecule has 1 aliphatic heterocycles. The number of amides is 1. The zero-order chi connectivity index (χ0) is 18.2. The molecule has 0 spiro atoms. The van der Waals surface area contributed by atoms with E-state index in [0.717, 1.165) is 5.56 Å². The fourth-order valence-electron chi connectivity index (χ4n) is 3.73. The zero-order valence-electron chi connectivity index (χ0n) is 15.4. The van der Waals surface area contributed by atoms with Gasteiger partial charge in [-0.15, -0.1) is 0 Å². The highest BCUT2D eigenvalue weighted by Crippen LogP contribution is 2.66. The van der Waals surface area contributed by atoms with Gasteiger partial charge in [-0.1, -0.05) is 30.3 Å². The van der Waals surface area contributed by atoms with E-state index in [1.54, 1.807) is 18.7 Å². The lowest BCUT2D eigenvalue weighted by Gasteiger charge is -2.61. The summed E-state index contributed by atoms with van der Waals surface area (Å²) in [6.07, 6.45) is 0. The summed E-state index contributed by atoms with van der Waals surface area (Å²) < 4.78 is 24.4. The molecule has 0 aliphatic carbocycles. The van der Waals surface area contributed by atoms with E-state index < -0.39 is 24.3 Å².